The van der Waals surface area contributed by atoms with Crippen molar-refractivity contribution in [3.8, 4) is 11.5 Å². The number of hydrogen-bond acceptors (Lipinski definition) is 6. The van der Waals surface area contributed by atoms with Crippen molar-refractivity contribution in [3.63, 3.8) is 0 Å². The highest BCUT2D eigenvalue weighted by atomic mass is 32.2. The predicted octanol–water partition coefficient (Wildman–Crippen LogP) is 3.84. The first kappa shape index (κ1) is 14.7. The molecule has 3 aromatic rings. The number of aryl methyl sites for hydroxylation is 1. The van der Waals surface area contributed by atoms with Crippen molar-refractivity contribution in [2.24, 2.45) is 0 Å². The molecule has 0 atom stereocenters. The van der Waals surface area contributed by atoms with Crippen LogP contribution in [0.5, 0.6) is 11.5 Å². The molecule has 0 spiro atoms. The average Bonchev–Trinajstić information content (AvgIpc) is 3.05. The van der Waals surface area contributed by atoms with Crippen molar-refractivity contribution in [1.82, 2.24) is 10.1 Å². The van der Waals surface area contributed by atoms with Gasteiger partial charge in [-0.1, -0.05) is 16.9 Å². The fraction of sp³-hybridized carbons (Fsp3) is 0.250. The maximum atomic E-state index is 5.44. The Morgan fingerprint density at radius 2 is 1.91 bits per heavy atom. The Morgan fingerprint density at radius 1 is 1.14 bits per heavy atom. The maximum Gasteiger partial charge on any atom is 0.145 e. The van der Waals surface area contributed by atoms with E-state index in [1.807, 2.05) is 25.1 Å². The Balaban J connectivity index is 2.02. The molecule has 0 radical (unpaired) electrons. The lowest BCUT2D eigenvalue weighted by atomic mass is 10.1. The summed E-state index contributed by atoms with van der Waals surface area (Å²) in [6.45, 7) is 2.05. The van der Waals surface area contributed by atoms with Crippen LogP contribution in [0.3, 0.4) is 0 Å². The smallest absolute Gasteiger partial charge is 0.145 e. The van der Waals surface area contributed by atoms with E-state index >= 15 is 0 Å². The summed E-state index contributed by atoms with van der Waals surface area (Å²) < 4.78 is 15.7. The Hall–Kier alpha value is -2.21. The summed E-state index contributed by atoms with van der Waals surface area (Å²) in [5.74, 6) is 2.25. The van der Waals surface area contributed by atoms with Gasteiger partial charge in [-0.25, -0.2) is 4.98 Å². The molecule has 0 N–H and O–H groups in total. The number of pyridine rings is 1. The van der Waals surface area contributed by atoms with Crippen molar-refractivity contribution in [2.45, 2.75) is 17.7 Å². The van der Waals surface area contributed by atoms with Gasteiger partial charge in [0.2, 0.25) is 0 Å². The number of rotatable bonds is 5. The number of hydrogen-bond donors (Lipinski definition) is 0. The zero-order valence-electron chi connectivity index (χ0n) is 12.6. The van der Waals surface area contributed by atoms with Gasteiger partial charge in [0.25, 0.3) is 0 Å². The van der Waals surface area contributed by atoms with Crippen LogP contribution in [0.4, 0.5) is 0 Å². The third kappa shape index (κ3) is 2.74. The monoisotopic (exact) mass is 316 g/mol. The molecule has 0 aliphatic heterocycles. The number of methoxy groups -OCH3 is 2. The third-order valence-electron chi connectivity index (χ3n) is 3.36. The molecule has 0 amide bonds. The zero-order valence-corrected chi connectivity index (χ0v) is 13.4. The van der Waals surface area contributed by atoms with Crippen molar-refractivity contribution in [2.75, 3.05) is 14.2 Å². The lowest BCUT2D eigenvalue weighted by Crippen LogP contribution is -1.95. The van der Waals surface area contributed by atoms with Crippen LogP contribution in [0.2, 0.25) is 0 Å². The lowest BCUT2D eigenvalue weighted by Gasteiger charge is -2.12. The molecular weight excluding hydrogens is 300 g/mol. The average molecular weight is 316 g/mol. The van der Waals surface area contributed by atoms with E-state index in [4.69, 9.17) is 19.0 Å². The highest BCUT2D eigenvalue weighted by Crippen LogP contribution is 2.36. The minimum Gasteiger partial charge on any atom is -0.496 e. The van der Waals surface area contributed by atoms with Crippen molar-refractivity contribution >= 4 is 22.7 Å². The van der Waals surface area contributed by atoms with Crippen LogP contribution in [-0.4, -0.2) is 24.4 Å². The van der Waals surface area contributed by atoms with Gasteiger partial charge in [-0.05, 0) is 30.7 Å². The number of thioether (sulfide) groups is 1. The molecule has 5 nitrogen and oxygen atoms in total. The van der Waals surface area contributed by atoms with Crippen LogP contribution in [-0.2, 0) is 5.75 Å². The second-order valence-corrected chi connectivity index (χ2v) is 5.75. The second-order valence-electron chi connectivity index (χ2n) is 4.75. The summed E-state index contributed by atoms with van der Waals surface area (Å²) in [5.41, 5.74) is 2.80. The molecule has 2 heterocycles. The van der Waals surface area contributed by atoms with Crippen molar-refractivity contribution < 1.29 is 14.0 Å². The van der Waals surface area contributed by atoms with Gasteiger partial charge in [-0.2, -0.15) is 0 Å². The fourth-order valence-corrected chi connectivity index (χ4v) is 3.17. The summed E-state index contributed by atoms with van der Waals surface area (Å²) in [7, 11) is 3.31. The molecule has 0 unspecified atom stereocenters. The molecule has 6 heteroatoms. The SMILES string of the molecule is COc1ccc(OC)c2c(C)cc(SCc3ccon3)nc12. The molecule has 0 bridgehead atoms. The minimum atomic E-state index is 0.709. The first-order chi connectivity index (χ1) is 10.7. The maximum absolute atomic E-state index is 5.44. The largest absolute Gasteiger partial charge is 0.496 e. The summed E-state index contributed by atoms with van der Waals surface area (Å²) in [6.07, 6.45) is 1.57. The summed E-state index contributed by atoms with van der Waals surface area (Å²) in [6, 6.07) is 7.68. The molecular formula is C16H16N2O3S. The van der Waals surface area contributed by atoms with Gasteiger partial charge in [-0.3, -0.25) is 0 Å². The van der Waals surface area contributed by atoms with Crippen molar-refractivity contribution in [1.29, 1.82) is 0 Å². The van der Waals surface area contributed by atoms with E-state index in [2.05, 4.69) is 11.2 Å². The number of fused-ring (bicyclic) bond motifs is 1. The Bertz CT molecular complexity index is 788. The number of benzene rings is 1. The van der Waals surface area contributed by atoms with E-state index in [-0.39, 0.29) is 0 Å². The summed E-state index contributed by atoms with van der Waals surface area (Å²) in [4.78, 5) is 4.71. The molecule has 3 rings (SSSR count). The van der Waals surface area contributed by atoms with Gasteiger partial charge >= 0.3 is 0 Å². The van der Waals surface area contributed by atoms with E-state index in [0.717, 1.165) is 38.7 Å². The Morgan fingerprint density at radius 3 is 2.59 bits per heavy atom. The van der Waals surface area contributed by atoms with Gasteiger partial charge in [0.15, 0.2) is 0 Å². The molecule has 0 saturated heterocycles. The van der Waals surface area contributed by atoms with Crippen LogP contribution >= 0.6 is 11.8 Å². The summed E-state index contributed by atoms with van der Waals surface area (Å²) >= 11 is 1.61. The van der Waals surface area contributed by atoms with Crippen LogP contribution in [0.15, 0.2) is 40.1 Å². The van der Waals surface area contributed by atoms with Crippen LogP contribution in [0.25, 0.3) is 10.9 Å². The standard InChI is InChI=1S/C16H16N2O3S/c1-10-8-14(22-9-11-6-7-21-18-11)17-16-13(20-3)5-4-12(19-2)15(10)16/h4-8H,9H2,1-3H3. The van der Waals surface area contributed by atoms with Crippen LogP contribution in [0, 0.1) is 6.92 Å². The van der Waals surface area contributed by atoms with Gasteiger partial charge in [0, 0.05) is 17.2 Å². The Kier molecular flexibility index (Phi) is 4.20. The highest BCUT2D eigenvalue weighted by molar-refractivity contribution is 7.98. The van der Waals surface area contributed by atoms with Crippen LogP contribution in [0.1, 0.15) is 11.3 Å². The molecule has 114 valence electrons. The van der Waals surface area contributed by atoms with Gasteiger partial charge in [0.1, 0.15) is 23.3 Å². The van der Waals surface area contributed by atoms with Gasteiger partial charge in [0.05, 0.1) is 24.9 Å². The second kappa shape index (κ2) is 6.27. The number of nitrogens with zero attached hydrogens (tertiary/aromatic N) is 2. The number of ether oxygens (including phenoxy) is 2. The van der Waals surface area contributed by atoms with Gasteiger partial charge < -0.3 is 14.0 Å². The molecule has 2 aromatic heterocycles. The molecule has 0 fully saturated rings. The van der Waals surface area contributed by atoms with E-state index < -0.39 is 0 Å². The normalized spacial score (nSPS) is 10.9. The lowest BCUT2D eigenvalue weighted by molar-refractivity contribution is 0.409. The molecule has 1 aromatic carbocycles. The highest BCUT2D eigenvalue weighted by Gasteiger charge is 2.13. The quantitative estimate of drug-likeness (QED) is 0.667. The Labute approximate surface area is 132 Å². The fourth-order valence-electron chi connectivity index (χ4n) is 2.31. The number of aromatic nitrogens is 2. The van der Waals surface area contributed by atoms with E-state index in [0.29, 0.717) is 5.75 Å². The minimum absolute atomic E-state index is 0.709. The van der Waals surface area contributed by atoms with Crippen molar-refractivity contribution in [3.05, 3.63) is 41.8 Å². The molecule has 22 heavy (non-hydrogen) atoms. The van der Waals surface area contributed by atoms with E-state index in [1.54, 1.807) is 32.2 Å². The first-order valence-electron chi connectivity index (χ1n) is 6.77. The van der Waals surface area contributed by atoms with E-state index in [9.17, 15) is 0 Å². The molecule has 0 aliphatic carbocycles. The predicted molar refractivity (Wildman–Crippen MR) is 85.6 cm³/mol. The van der Waals surface area contributed by atoms with Gasteiger partial charge in [-0.15, -0.1) is 0 Å². The van der Waals surface area contributed by atoms with Crippen LogP contribution < -0.4 is 9.47 Å². The van der Waals surface area contributed by atoms with E-state index in [1.165, 1.54) is 0 Å². The third-order valence-corrected chi connectivity index (χ3v) is 4.30. The molecule has 0 saturated carbocycles. The summed E-state index contributed by atoms with van der Waals surface area (Å²) in [5, 5.41) is 5.80. The zero-order chi connectivity index (χ0) is 15.5. The molecule has 0 aliphatic rings. The topological polar surface area (TPSA) is 57.4 Å². The first-order valence-corrected chi connectivity index (χ1v) is 7.76.